The zero-order valence-electron chi connectivity index (χ0n) is 28.6. The smallest absolute Gasteiger partial charge is 0.159 e. The van der Waals surface area contributed by atoms with Crippen molar-refractivity contribution in [3.8, 4) is 0 Å². The molecule has 1 aromatic heterocycles. The van der Waals surface area contributed by atoms with Gasteiger partial charge < -0.3 is 14.7 Å². The maximum atomic E-state index is 12.2. The minimum Gasteiger partial charge on any atom is -0.381 e. The Bertz CT molecular complexity index is 1490. The van der Waals surface area contributed by atoms with E-state index in [2.05, 4.69) is 55.4 Å². The Morgan fingerprint density at radius 2 is 1.73 bits per heavy atom. The van der Waals surface area contributed by atoms with Crippen molar-refractivity contribution in [3.63, 3.8) is 0 Å². The number of fused-ring (bicyclic) bond motifs is 1. The van der Waals surface area contributed by atoms with Gasteiger partial charge in [0.05, 0.1) is 23.7 Å². The number of aryl methyl sites for hydroxylation is 1. The molecular weight excluding hydrogens is 570 g/mol. The summed E-state index contributed by atoms with van der Waals surface area (Å²) in [6.45, 7) is 17.3. The van der Waals surface area contributed by atoms with Gasteiger partial charge in [-0.25, -0.2) is 13.8 Å². The SMILES string of the molecule is C/C=C(/C(C)=N)c1ccc2c(c1)nc(C(CN(CC(C)=O)C(C)C)C(C)C)n2C1CCC(OC)CC1.Cc1ccc(F)c(F)c1. The molecule has 1 aliphatic rings. The molecule has 1 fully saturated rings. The van der Waals surface area contributed by atoms with Gasteiger partial charge in [-0.3, -0.25) is 9.69 Å². The van der Waals surface area contributed by atoms with Gasteiger partial charge in [0.1, 0.15) is 11.6 Å². The molecular formula is C37H52F2N4O2. The van der Waals surface area contributed by atoms with Crippen molar-refractivity contribution in [2.24, 2.45) is 5.92 Å². The van der Waals surface area contributed by atoms with Crippen molar-refractivity contribution >= 4 is 28.1 Å². The first-order chi connectivity index (χ1) is 21.3. The second kappa shape index (κ2) is 16.4. The Labute approximate surface area is 268 Å². The number of nitrogens with zero attached hydrogens (tertiary/aromatic N) is 3. The third kappa shape index (κ3) is 9.39. The van der Waals surface area contributed by atoms with Gasteiger partial charge in [-0.1, -0.05) is 32.1 Å². The summed E-state index contributed by atoms with van der Waals surface area (Å²) >= 11 is 0. The lowest BCUT2D eigenvalue weighted by atomic mass is 9.90. The molecule has 3 aromatic rings. The molecule has 1 unspecified atom stereocenters. The molecule has 1 aliphatic carbocycles. The van der Waals surface area contributed by atoms with Crippen molar-refractivity contribution < 1.29 is 18.3 Å². The predicted molar refractivity (Wildman–Crippen MR) is 181 cm³/mol. The van der Waals surface area contributed by atoms with Gasteiger partial charge in [-0.2, -0.15) is 0 Å². The molecule has 8 heteroatoms. The van der Waals surface area contributed by atoms with Gasteiger partial charge in [0, 0.05) is 37.4 Å². The fourth-order valence-electron chi connectivity index (χ4n) is 6.26. The zero-order chi connectivity index (χ0) is 33.4. The summed E-state index contributed by atoms with van der Waals surface area (Å²) in [5.41, 5.74) is 5.44. The monoisotopic (exact) mass is 622 g/mol. The molecule has 0 spiro atoms. The van der Waals surface area contributed by atoms with E-state index in [9.17, 15) is 13.6 Å². The average Bonchev–Trinajstić information content (AvgIpc) is 3.35. The van der Waals surface area contributed by atoms with E-state index in [0.29, 0.717) is 30.3 Å². The summed E-state index contributed by atoms with van der Waals surface area (Å²) in [7, 11) is 1.82. The number of aromatic nitrogens is 2. The number of ketones is 1. The summed E-state index contributed by atoms with van der Waals surface area (Å²) in [4.78, 5) is 19.6. The number of allylic oxidation sites excluding steroid dienone is 2. The maximum absolute atomic E-state index is 12.2. The number of carbonyl (C=O) groups is 1. The number of carbonyl (C=O) groups excluding carboxylic acids is 1. The van der Waals surface area contributed by atoms with Crippen LogP contribution >= 0.6 is 0 Å². The number of halogens is 2. The zero-order valence-corrected chi connectivity index (χ0v) is 28.6. The number of rotatable bonds is 11. The highest BCUT2D eigenvalue weighted by Gasteiger charge is 2.31. The fraction of sp³-hybridized carbons (Fsp3) is 0.541. The van der Waals surface area contributed by atoms with E-state index in [4.69, 9.17) is 15.1 Å². The molecule has 1 heterocycles. The molecule has 0 amide bonds. The predicted octanol–water partition coefficient (Wildman–Crippen LogP) is 8.92. The topological polar surface area (TPSA) is 71.2 Å². The van der Waals surface area contributed by atoms with Crippen LogP contribution in [0.5, 0.6) is 0 Å². The molecule has 0 bridgehead atoms. The molecule has 1 N–H and O–H groups in total. The fourth-order valence-corrected chi connectivity index (χ4v) is 6.26. The highest BCUT2D eigenvalue weighted by atomic mass is 19.2. The van der Waals surface area contributed by atoms with Crippen LogP contribution in [-0.2, 0) is 9.53 Å². The van der Waals surface area contributed by atoms with Crippen LogP contribution in [0.4, 0.5) is 8.78 Å². The summed E-state index contributed by atoms with van der Waals surface area (Å²) < 4.78 is 32.5. The lowest BCUT2D eigenvalue weighted by Gasteiger charge is -2.34. The summed E-state index contributed by atoms with van der Waals surface area (Å²) in [5, 5.41) is 8.20. The number of nitrogens with one attached hydrogen (secondary N) is 1. The third-order valence-corrected chi connectivity index (χ3v) is 8.86. The van der Waals surface area contributed by atoms with E-state index in [1.54, 1.807) is 13.8 Å². The summed E-state index contributed by atoms with van der Waals surface area (Å²) in [6, 6.07) is 11.0. The number of ether oxygens (including phenoxy) is 1. The van der Waals surface area contributed by atoms with Crippen molar-refractivity contribution in [2.75, 3.05) is 20.2 Å². The second-order valence-electron chi connectivity index (χ2n) is 13.0. The molecule has 0 saturated heterocycles. The Morgan fingerprint density at radius 3 is 2.22 bits per heavy atom. The largest absolute Gasteiger partial charge is 0.381 e. The minimum atomic E-state index is -0.791. The standard InChI is InChI=1S/C30H46N4O2.C7H6F2/c1-9-26(22(7)31)23-10-15-29-28(16-23)32-30(34(29)24-11-13-25(36-8)14-12-24)27(19(2)3)18-33(20(4)5)17-21(6)35;1-5-2-3-6(8)7(9)4-5/h9-10,15-16,19-20,24-25,27,31H,11-14,17-18H2,1-8H3;2-4H,1H3/b26-9-,31-22?;. The van der Waals surface area contributed by atoms with E-state index in [-0.39, 0.29) is 17.7 Å². The Kier molecular flexibility index (Phi) is 13.2. The molecule has 246 valence electrons. The van der Waals surface area contributed by atoms with Crippen LogP contribution in [0, 0.1) is 29.9 Å². The molecule has 45 heavy (non-hydrogen) atoms. The van der Waals surface area contributed by atoms with Crippen LogP contribution in [0.25, 0.3) is 16.6 Å². The first-order valence-electron chi connectivity index (χ1n) is 16.2. The van der Waals surface area contributed by atoms with Crippen molar-refractivity contribution in [2.45, 2.75) is 105 Å². The Morgan fingerprint density at radius 1 is 1.07 bits per heavy atom. The highest BCUT2D eigenvalue weighted by Crippen LogP contribution is 2.38. The number of benzene rings is 2. The quantitative estimate of drug-likeness (QED) is 0.217. The molecule has 1 saturated carbocycles. The normalized spacial score (nSPS) is 18.0. The van der Waals surface area contributed by atoms with Crippen LogP contribution in [0.3, 0.4) is 0 Å². The first-order valence-corrected chi connectivity index (χ1v) is 16.2. The van der Waals surface area contributed by atoms with Crippen molar-refractivity contribution in [3.05, 3.63) is 71.1 Å². The lowest BCUT2D eigenvalue weighted by molar-refractivity contribution is -0.118. The Balaban J connectivity index is 0.000000525. The van der Waals surface area contributed by atoms with Crippen molar-refractivity contribution in [1.29, 1.82) is 5.41 Å². The van der Waals surface area contributed by atoms with Crippen molar-refractivity contribution in [1.82, 2.24) is 14.5 Å². The van der Waals surface area contributed by atoms with E-state index in [1.807, 2.05) is 27.0 Å². The molecule has 2 aromatic carbocycles. The first kappa shape index (κ1) is 36.2. The van der Waals surface area contributed by atoms with Crippen LogP contribution in [0.1, 0.15) is 103 Å². The molecule has 6 nitrogen and oxygen atoms in total. The van der Waals surface area contributed by atoms with Gasteiger partial charge in [0.15, 0.2) is 11.6 Å². The summed E-state index contributed by atoms with van der Waals surface area (Å²) in [6.07, 6.45) is 6.61. The van der Waals surface area contributed by atoms with Crippen LogP contribution in [-0.4, -0.2) is 58.3 Å². The van der Waals surface area contributed by atoms with Gasteiger partial charge in [0.25, 0.3) is 0 Å². The van der Waals surface area contributed by atoms with Gasteiger partial charge >= 0.3 is 0 Å². The molecule has 0 aliphatic heterocycles. The number of Topliss-reactive ketones (excluding diaryl/α,β-unsaturated/α-hetero) is 1. The Hall–Kier alpha value is -3.23. The number of methoxy groups -OCH3 is 1. The molecule has 1 atom stereocenters. The van der Waals surface area contributed by atoms with E-state index >= 15 is 0 Å². The minimum absolute atomic E-state index is 0.197. The van der Waals surface area contributed by atoms with Gasteiger partial charge in [0.2, 0.25) is 0 Å². The second-order valence-corrected chi connectivity index (χ2v) is 13.0. The summed E-state index contributed by atoms with van der Waals surface area (Å²) in [5.74, 6) is 0.325. The highest BCUT2D eigenvalue weighted by molar-refractivity contribution is 6.21. The third-order valence-electron chi connectivity index (χ3n) is 8.86. The number of hydrogen-bond acceptors (Lipinski definition) is 5. The maximum Gasteiger partial charge on any atom is 0.159 e. The van der Waals surface area contributed by atoms with E-state index in [1.165, 1.54) is 11.6 Å². The van der Waals surface area contributed by atoms with Crippen LogP contribution < -0.4 is 0 Å². The van der Waals surface area contributed by atoms with Gasteiger partial charge in [-0.05, 0) is 114 Å². The average molecular weight is 623 g/mol. The van der Waals surface area contributed by atoms with E-state index in [0.717, 1.165) is 72.4 Å². The molecule has 0 radical (unpaired) electrons. The molecule has 4 rings (SSSR count). The number of hydrogen-bond donors (Lipinski definition) is 1. The van der Waals surface area contributed by atoms with Crippen LogP contribution in [0.15, 0.2) is 42.5 Å². The van der Waals surface area contributed by atoms with Gasteiger partial charge in [-0.15, -0.1) is 0 Å². The van der Waals surface area contributed by atoms with Crippen LogP contribution in [0.2, 0.25) is 0 Å². The van der Waals surface area contributed by atoms with E-state index < -0.39 is 11.6 Å². The number of imidazole rings is 1. The lowest BCUT2D eigenvalue weighted by Crippen LogP contribution is -2.40.